The molecule has 0 aliphatic heterocycles. The zero-order chi connectivity index (χ0) is 15.6. The summed E-state index contributed by atoms with van der Waals surface area (Å²) >= 11 is 0. The third-order valence-electron chi connectivity index (χ3n) is 2.56. The molecule has 2 rings (SSSR count). The van der Waals surface area contributed by atoms with E-state index in [-0.39, 0.29) is 5.82 Å². The molecule has 0 saturated heterocycles. The van der Waals surface area contributed by atoms with Gasteiger partial charge in [-0.05, 0) is 13.0 Å². The van der Waals surface area contributed by atoms with E-state index in [9.17, 15) is 23.7 Å². The van der Waals surface area contributed by atoms with Crippen LogP contribution >= 0.6 is 0 Å². The first-order valence-corrected chi connectivity index (χ1v) is 5.57. The van der Waals surface area contributed by atoms with E-state index in [0.717, 1.165) is 0 Å². The van der Waals surface area contributed by atoms with Gasteiger partial charge in [0.05, 0.1) is 22.6 Å². The van der Waals surface area contributed by atoms with E-state index in [0.29, 0.717) is 12.1 Å². The standard InChI is InChI=1S/C10H8F2N6O3/c1-4(9-14-16-17-15-9)13-10(19)6-2-5(11)3-7(8(6)12)18(20)21/h2-4H,1H3,(H,13,19)(H,14,15,16,17). The van der Waals surface area contributed by atoms with Gasteiger partial charge in [0.1, 0.15) is 5.82 Å². The highest BCUT2D eigenvalue weighted by molar-refractivity contribution is 5.95. The van der Waals surface area contributed by atoms with E-state index in [1.807, 2.05) is 0 Å². The van der Waals surface area contributed by atoms with Gasteiger partial charge in [0.2, 0.25) is 5.82 Å². The van der Waals surface area contributed by atoms with Crippen molar-refractivity contribution in [2.75, 3.05) is 0 Å². The first kappa shape index (κ1) is 14.4. The zero-order valence-electron chi connectivity index (χ0n) is 10.5. The normalized spacial score (nSPS) is 12.0. The van der Waals surface area contributed by atoms with Crippen molar-refractivity contribution in [3.63, 3.8) is 0 Å². The number of rotatable bonds is 4. The summed E-state index contributed by atoms with van der Waals surface area (Å²) in [5, 5.41) is 25.5. The van der Waals surface area contributed by atoms with Crippen LogP contribution in [0.15, 0.2) is 12.1 Å². The highest BCUT2D eigenvalue weighted by atomic mass is 19.1. The number of nitro benzene ring substituents is 1. The van der Waals surface area contributed by atoms with Gasteiger partial charge in [-0.1, -0.05) is 5.21 Å². The van der Waals surface area contributed by atoms with Crippen LogP contribution in [0.25, 0.3) is 0 Å². The maximum absolute atomic E-state index is 13.8. The number of nitro groups is 1. The van der Waals surface area contributed by atoms with Gasteiger partial charge in [-0.25, -0.2) is 4.39 Å². The molecule has 1 aromatic carbocycles. The summed E-state index contributed by atoms with van der Waals surface area (Å²) in [6.45, 7) is 1.48. The Morgan fingerprint density at radius 3 is 2.76 bits per heavy atom. The Morgan fingerprint density at radius 2 is 2.19 bits per heavy atom. The molecular formula is C10H8F2N6O3. The van der Waals surface area contributed by atoms with E-state index in [1.54, 1.807) is 0 Å². The summed E-state index contributed by atoms with van der Waals surface area (Å²) in [4.78, 5) is 21.4. The fraction of sp³-hybridized carbons (Fsp3) is 0.200. The number of aromatic amines is 1. The minimum absolute atomic E-state index is 0.120. The number of tetrazole rings is 1. The lowest BCUT2D eigenvalue weighted by atomic mass is 10.1. The quantitative estimate of drug-likeness (QED) is 0.637. The minimum Gasteiger partial charge on any atom is -0.342 e. The van der Waals surface area contributed by atoms with Crippen molar-refractivity contribution < 1.29 is 18.5 Å². The van der Waals surface area contributed by atoms with Crippen LogP contribution < -0.4 is 5.32 Å². The summed E-state index contributed by atoms with van der Waals surface area (Å²) in [5.74, 6) is -3.43. The number of nitrogens with zero attached hydrogens (tertiary/aromatic N) is 4. The Hall–Kier alpha value is -2.98. The second-order valence-electron chi connectivity index (χ2n) is 4.01. The molecule has 1 heterocycles. The third kappa shape index (κ3) is 2.96. The minimum atomic E-state index is -1.42. The van der Waals surface area contributed by atoms with Gasteiger partial charge in [-0.15, -0.1) is 10.2 Å². The predicted octanol–water partition coefficient (Wildman–Crippen LogP) is 0.877. The molecule has 110 valence electrons. The van der Waals surface area contributed by atoms with Crippen molar-refractivity contribution in [3.8, 4) is 0 Å². The zero-order valence-corrected chi connectivity index (χ0v) is 10.5. The topological polar surface area (TPSA) is 127 Å². The second kappa shape index (κ2) is 5.56. The number of aromatic nitrogens is 4. The summed E-state index contributed by atoms with van der Waals surface area (Å²) in [5.41, 5.74) is -1.90. The van der Waals surface area contributed by atoms with E-state index in [2.05, 4.69) is 25.9 Å². The molecule has 1 amide bonds. The molecule has 11 heteroatoms. The van der Waals surface area contributed by atoms with Gasteiger partial charge in [-0.2, -0.15) is 9.60 Å². The number of nitrogens with one attached hydrogen (secondary N) is 2. The Balaban J connectivity index is 2.29. The molecule has 21 heavy (non-hydrogen) atoms. The van der Waals surface area contributed by atoms with Gasteiger partial charge < -0.3 is 5.32 Å². The van der Waals surface area contributed by atoms with Crippen molar-refractivity contribution in [2.24, 2.45) is 0 Å². The Labute approximate surface area is 115 Å². The maximum Gasteiger partial charge on any atom is 0.308 e. The number of H-pyrrole nitrogens is 1. The van der Waals surface area contributed by atoms with Crippen LogP contribution in [0.5, 0.6) is 0 Å². The monoisotopic (exact) mass is 298 g/mol. The number of benzene rings is 1. The molecule has 0 aliphatic rings. The van der Waals surface area contributed by atoms with Crippen molar-refractivity contribution in [3.05, 3.63) is 45.3 Å². The maximum atomic E-state index is 13.8. The lowest BCUT2D eigenvalue weighted by molar-refractivity contribution is -0.387. The number of carbonyl (C=O) groups excluding carboxylic acids is 1. The van der Waals surface area contributed by atoms with Crippen LogP contribution in [0.1, 0.15) is 29.1 Å². The molecule has 0 fully saturated rings. The molecule has 2 N–H and O–H groups in total. The molecule has 0 saturated carbocycles. The van der Waals surface area contributed by atoms with E-state index in [1.165, 1.54) is 6.92 Å². The number of hydrogen-bond acceptors (Lipinski definition) is 6. The number of hydrogen-bond donors (Lipinski definition) is 2. The van der Waals surface area contributed by atoms with Gasteiger partial charge in [-0.3, -0.25) is 14.9 Å². The molecule has 0 radical (unpaired) electrons. The molecule has 0 aliphatic carbocycles. The molecule has 0 spiro atoms. The number of amides is 1. The number of carbonyl (C=O) groups is 1. The summed E-state index contributed by atoms with van der Waals surface area (Å²) < 4.78 is 27.1. The van der Waals surface area contributed by atoms with E-state index in [4.69, 9.17) is 0 Å². The Morgan fingerprint density at radius 1 is 1.48 bits per heavy atom. The molecular weight excluding hydrogens is 290 g/mol. The van der Waals surface area contributed by atoms with Crippen LogP contribution in [-0.4, -0.2) is 31.5 Å². The average Bonchev–Trinajstić information content (AvgIpc) is 2.94. The molecule has 0 bridgehead atoms. The van der Waals surface area contributed by atoms with Crippen LogP contribution in [0, 0.1) is 21.7 Å². The fourth-order valence-corrected chi connectivity index (χ4v) is 1.56. The van der Waals surface area contributed by atoms with Crippen LogP contribution in [0.4, 0.5) is 14.5 Å². The van der Waals surface area contributed by atoms with Gasteiger partial charge in [0.15, 0.2) is 5.82 Å². The first-order valence-electron chi connectivity index (χ1n) is 5.57. The van der Waals surface area contributed by atoms with Crippen LogP contribution in [-0.2, 0) is 0 Å². The molecule has 1 aromatic heterocycles. The fourth-order valence-electron chi connectivity index (χ4n) is 1.56. The summed E-state index contributed by atoms with van der Waals surface area (Å²) in [6.07, 6.45) is 0. The third-order valence-corrected chi connectivity index (χ3v) is 2.56. The smallest absolute Gasteiger partial charge is 0.308 e. The lowest BCUT2D eigenvalue weighted by Gasteiger charge is -2.10. The van der Waals surface area contributed by atoms with Gasteiger partial charge >= 0.3 is 5.69 Å². The molecule has 2 aromatic rings. The highest BCUT2D eigenvalue weighted by Gasteiger charge is 2.25. The largest absolute Gasteiger partial charge is 0.342 e. The summed E-state index contributed by atoms with van der Waals surface area (Å²) in [6, 6.07) is 0.216. The second-order valence-corrected chi connectivity index (χ2v) is 4.01. The molecule has 1 unspecified atom stereocenters. The SMILES string of the molecule is CC(NC(=O)c1cc(F)cc([N+](=O)[O-])c1F)c1nn[nH]n1. The van der Waals surface area contributed by atoms with Crippen molar-refractivity contribution in [2.45, 2.75) is 13.0 Å². The van der Waals surface area contributed by atoms with Crippen LogP contribution in [0.2, 0.25) is 0 Å². The predicted molar refractivity (Wildman–Crippen MR) is 63.1 cm³/mol. The van der Waals surface area contributed by atoms with Crippen molar-refractivity contribution in [1.82, 2.24) is 25.9 Å². The Kier molecular flexibility index (Phi) is 3.82. The first-order chi connectivity index (χ1) is 9.90. The van der Waals surface area contributed by atoms with Crippen molar-refractivity contribution in [1.29, 1.82) is 0 Å². The van der Waals surface area contributed by atoms with Gasteiger partial charge in [0, 0.05) is 0 Å². The van der Waals surface area contributed by atoms with E-state index < -0.39 is 39.8 Å². The average molecular weight is 298 g/mol. The summed E-state index contributed by atoms with van der Waals surface area (Å²) in [7, 11) is 0. The molecule has 9 nitrogen and oxygen atoms in total. The van der Waals surface area contributed by atoms with E-state index >= 15 is 0 Å². The molecule has 1 atom stereocenters. The van der Waals surface area contributed by atoms with Crippen LogP contribution in [0.3, 0.4) is 0 Å². The highest BCUT2D eigenvalue weighted by Crippen LogP contribution is 2.22. The lowest BCUT2D eigenvalue weighted by Crippen LogP contribution is -2.28. The van der Waals surface area contributed by atoms with Crippen molar-refractivity contribution >= 4 is 11.6 Å². The van der Waals surface area contributed by atoms with Gasteiger partial charge in [0.25, 0.3) is 5.91 Å². The Bertz CT molecular complexity index is 690. The number of halogens is 2.